The van der Waals surface area contributed by atoms with Gasteiger partial charge in [0.1, 0.15) is 5.65 Å². The van der Waals surface area contributed by atoms with E-state index in [0.717, 1.165) is 22.3 Å². The topological polar surface area (TPSA) is 83.8 Å². The monoisotopic (exact) mass is 320 g/mol. The molecule has 0 bridgehead atoms. The fourth-order valence-electron chi connectivity index (χ4n) is 3.19. The summed E-state index contributed by atoms with van der Waals surface area (Å²) in [5.41, 5.74) is 9.53. The third-order valence-corrected chi connectivity index (χ3v) is 4.92. The molecule has 0 radical (unpaired) electrons. The Morgan fingerprint density at radius 1 is 1.21 bits per heavy atom. The van der Waals surface area contributed by atoms with Gasteiger partial charge in [-0.15, -0.1) is 0 Å². The minimum Gasteiger partial charge on any atom is -0.346 e. The number of anilines is 1. The molecule has 0 aliphatic heterocycles. The molecule has 1 aliphatic rings. The third-order valence-electron chi connectivity index (χ3n) is 4.92. The number of carbonyl (C=O) groups excluding carboxylic acids is 1. The number of pyridine rings is 1. The molecule has 1 aliphatic carbocycles. The van der Waals surface area contributed by atoms with E-state index in [-0.39, 0.29) is 11.9 Å². The standard InChI is InChI=1S/C19H20N4O/c20-17(12-2-1-3-12)13-4-6-14(7-5-13)19(24)23-16-9-11-22-18-15(16)8-10-21-18/h4-12,17H,1-3,20H2,(H2,21,22,23,24). The highest BCUT2D eigenvalue weighted by atomic mass is 16.1. The van der Waals surface area contributed by atoms with Crippen LogP contribution in [0.1, 0.15) is 41.2 Å². The molecule has 5 nitrogen and oxygen atoms in total. The average molecular weight is 320 g/mol. The van der Waals surface area contributed by atoms with Gasteiger partial charge in [-0.1, -0.05) is 18.6 Å². The number of nitrogens with two attached hydrogens (primary N) is 1. The molecule has 2 aromatic heterocycles. The number of aromatic amines is 1. The van der Waals surface area contributed by atoms with Crippen molar-refractivity contribution in [1.29, 1.82) is 0 Å². The maximum atomic E-state index is 12.5. The molecule has 24 heavy (non-hydrogen) atoms. The van der Waals surface area contributed by atoms with Gasteiger partial charge in [-0.2, -0.15) is 0 Å². The minimum atomic E-state index is -0.132. The van der Waals surface area contributed by atoms with Crippen LogP contribution in [-0.2, 0) is 0 Å². The number of hydrogen-bond acceptors (Lipinski definition) is 3. The van der Waals surface area contributed by atoms with E-state index in [1.165, 1.54) is 19.3 Å². The normalized spacial score (nSPS) is 15.9. The molecule has 1 fully saturated rings. The summed E-state index contributed by atoms with van der Waals surface area (Å²) in [4.78, 5) is 19.7. The highest BCUT2D eigenvalue weighted by Gasteiger charge is 2.25. The molecular formula is C19H20N4O. The maximum Gasteiger partial charge on any atom is 0.255 e. The van der Waals surface area contributed by atoms with Gasteiger partial charge in [0.15, 0.2) is 0 Å². The number of hydrogen-bond donors (Lipinski definition) is 3. The fourth-order valence-corrected chi connectivity index (χ4v) is 3.19. The molecule has 5 heteroatoms. The van der Waals surface area contributed by atoms with E-state index in [1.807, 2.05) is 36.5 Å². The predicted molar refractivity (Wildman–Crippen MR) is 94.8 cm³/mol. The minimum absolute atomic E-state index is 0.0792. The van der Waals surface area contributed by atoms with Crippen LogP contribution in [0.3, 0.4) is 0 Å². The van der Waals surface area contributed by atoms with E-state index >= 15 is 0 Å². The molecule has 1 atom stereocenters. The van der Waals surface area contributed by atoms with Crippen LogP contribution in [0.4, 0.5) is 5.69 Å². The Balaban J connectivity index is 1.51. The van der Waals surface area contributed by atoms with Gasteiger partial charge in [0.25, 0.3) is 5.91 Å². The van der Waals surface area contributed by atoms with Crippen LogP contribution < -0.4 is 11.1 Å². The molecule has 1 amide bonds. The van der Waals surface area contributed by atoms with Crippen molar-refractivity contribution in [3.63, 3.8) is 0 Å². The van der Waals surface area contributed by atoms with Crippen LogP contribution in [0.5, 0.6) is 0 Å². The van der Waals surface area contributed by atoms with Crippen molar-refractivity contribution >= 4 is 22.6 Å². The van der Waals surface area contributed by atoms with Gasteiger partial charge >= 0.3 is 0 Å². The Morgan fingerprint density at radius 3 is 2.71 bits per heavy atom. The molecular weight excluding hydrogens is 300 g/mol. The summed E-state index contributed by atoms with van der Waals surface area (Å²) >= 11 is 0. The van der Waals surface area contributed by atoms with Crippen LogP contribution in [0.2, 0.25) is 0 Å². The van der Waals surface area contributed by atoms with Gasteiger partial charge in [0, 0.05) is 29.4 Å². The maximum absolute atomic E-state index is 12.5. The lowest BCUT2D eigenvalue weighted by Crippen LogP contribution is -2.26. The van der Waals surface area contributed by atoms with Crippen LogP contribution >= 0.6 is 0 Å². The summed E-state index contributed by atoms with van der Waals surface area (Å²) in [6, 6.07) is 11.4. The number of nitrogens with zero attached hydrogens (tertiary/aromatic N) is 1. The first-order chi connectivity index (χ1) is 11.7. The lowest BCUT2D eigenvalue weighted by Gasteiger charge is -2.31. The molecule has 3 aromatic rings. The van der Waals surface area contributed by atoms with Gasteiger partial charge in [-0.05, 0) is 48.6 Å². The molecule has 4 N–H and O–H groups in total. The van der Waals surface area contributed by atoms with E-state index in [4.69, 9.17) is 5.73 Å². The first kappa shape index (κ1) is 14.9. The Bertz CT molecular complexity index is 864. The van der Waals surface area contributed by atoms with Crippen molar-refractivity contribution in [2.75, 3.05) is 5.32 Å². The van der Waals surface area contributed by atoms with Gasteiger partial charge in [0.2, 0.25) is 0 Å². The molecule has 4 rings (SSSR count). The van der Waals surface area contributed by atoms with Crippen molar-refractivity contribution in [2.45, 2.75) is 25.3 Å². The molecule has 0 spiro atoms. The fraction of sp³-hybridized carbons (Fsp3) is 0.263. The number of amides is 1. The summed E-state index contributed by atoms with van der Waals surface area (Å²) in [6.07, 6.45) is 7.17. The van der Waals surface area contributed by atoms with Crippen LogP contribution in [0.25, 0.3) is 11.0 Å². The third kappa shape index (κ3) is 2.67. The zero-order valence-electron chi connectivity index (χ0n) is 13.3. The zero-order valence-corrected chi connectivity index (χ0v) is 13.3. The second-order valence-corrected chi connectivity index (χ2v) is 6.39. The molecule has 0 saturated heterocycles. The van der Waals surface area contributed by atoms with Crippen LogP contribution in [0.15, 0.2) is 48.8 Å². The lowest BCUT2D eigenvalue weighted by molar-refractivity contribution is 0.102. The smallest absolute Gasteiger partial charge is 0.255 e. The van der Waals surface area contributed by atoms with Gasteiger partial charge in [-0.25, -0.2) is 4.98 Å². The van der Waals surface area contributed by atoms with E-state index in [9.17, 15) is 4.79 Å². The second-order valence-electron chi connectivity index (χ2n) is 6.39. The summed E-state index contributed by atoms with van der Waals surface area (Å²) < 4.78 is 0. The van der Waals surface area contributed by atoms with Crippen molar-refractivity contribution in [3.8, 4) is 0 Å². The van der Waals surface area contributed by atoms with E-state index in [1.54, 1.807) is 12.3 Å². The molecule has 1 aromatic carbocycles. The van der Waals surface area contributed by atoms with E-state index in [0.29, 0.717) is 11.5 Å². The first-order valence-corrected chi connectivity index (χ1v) is 8.31. The summed E-state index contributed by atoms with van der Waals surface area (Å²) in [5, 5.41) is 3.85. The largest absolute Gasteiger partial charge is 0.346 e. The zero-order chi connectivity index (χ0) is 16.5. The number of H-pyrrole nitrogens is 1. The predicted octanol–water partition coefficient (Wildman–Crippen LogP) is 3.62. The number of nitrogens with one attached hydrogen (secondary N) is 2. The summed E-state index contributed by atoms with van der Waals surface area (Å²) in [5.74, 6) is 0.454. The highest BCUT2D eigenvalue weighted by Crippen LogP contribution is 2.36. The summed E-state index contributed by atoms with van der Waals surface area (Å²) in [7, 11) is 0. The first-order valence-electron chi connectivity index (χ1n) is 8.31. The quantitative estimate of drug-likeness (QED) is 0.686. The number of carbonyl (C=O) groups is 1. The van der Waals surface area contributed by atoms with Gasteiger partial charge in [0.05, 0.1) is 5.69 Å². The average Bonchev–Trinajstić information content (AvgIpc) is 3.03. The number of aromatic nitrogens is 2. The number of benzene rings is 1. The Labute approximate surface area is 140 Å². The van der Waals surface area contributed by atoms with Crippen molar-refractivity contribution in [1.82, 2.24) is 9.97 Å². The van der Waals surface area contributed by atoms with E-state index < -0.39 is 0 Å². The van der Waals surface area contributed by atoms with Crippen molar-refractivity contribution in [3.05, 3.63) is 59.9 Å². The van der Waals surface area contributed by atoms with E-state index in [2.05, 4.69) is 15.3 Å². The van der Waals surface area contributed by atoms with Crippen molar-refractivity contribution < 1.29 is 4.79 Å². The number of rotatable bonds is 4. The lowest BCUT2D eigenvalue weighted by atomic mass is 9.77. The molecule has 1 saturated carbocycles. The molecule has 122 valence electrons. The summed E-state index contributed by atoms with van der Waals surface area (Å²) in [6.45, 7) is 0. The Morgan fingerprint density at radius 2 is 2.00 bits per heavy atom. The Kier molecular flexibility index (Phi) is 3.78. The van der Waals surface area contributed by atoms with Crippen LogP contribution in [0, 0.1) is 5.92 Å². The van der Waals surface area contributed by atoms with Gasteiger partial charge < -0.3 is 16.0 Å². The Hall–Kier alpha value is -2.66. The number of fused-ring (bicyclic) bond motifs is 1. The SMILES string of the molecule is NC(c1ccc(C(=O)Nc2ccnc3[nH]ccc23)cc1)C1CCC1. The molecule has 1 unspecified atom stereocenters. The highest BCUT2D eigenvalue weighted by molar-refractivity contribution is 6.08. The molecule has 2 heterocycles. The van der Waals surface area contributed by atoms with Gasteiger partial charge in [-0.3, -0.25) is 4.79 Å². The van der Waals surface area contributed by atoms with Crippen molar-refractivity contribution in [2.24, 2.45) is 11.7 Å². The van der Waals surface area contributed by atoms with Crippen LogP contribution in [-0.4, -0.2) is 15.9 Å². The second kappa shape index (κ2) is 6.09.